The Kier molecular flexibility index (Phi) is 8.23. The fourth-order valence-corrected chi connectivity index (χ4v) is 3.71. The van der Waals surface area contributed by atoms with E-state index in [1.54, 1.807) is 17.0 Å². The third kappa shape index (κ3) is 6.21. The van der Waals surface area contributed by atoms with Crippen molar-refractivity contribution in [3.05, 3.63) is 54.1 Å². The van der Waals surface area contributed by atoms with Gasteiger partial charge < -0.3 is 14.4 Å². The summed E-state index contributed by atoms with van der Waals surface area (Å²) >= 11 is 0. The van der Waals surface area contributed by atoms with Crippen molar-refractivity contribution in [1.29, 1.82) is 0 Å². The molecule has 0 aromatic heterocycles. The van der Waals surface area contributed by atoms with Gasteiger partial charge in [0.25, 0.3) is 15.9 Å². The number of amides is 1. The van der Waals surface area contributed by atoms with Crippen LogP contribution >= 0.6 is 0 Å². The van der Waals surface area contributed by atoms with Crippen LogP contribution in [0.25, 0.3) is 0 Å². The van der Waals surface area contributed by atoms with Gasteiger partial charge in [0.05, 0.1) is 17.1 Å². The third-order valence-electron chi connectivity index (χ3n) is 4.26. The van der Waals surface area contributed by atoms with E-state index in [4.69, 9.17) is 9.47 Å². The van der Waals surface area contributed by atoms with Gasteiger partial charge in [-0.2, -0.15) is 0 Å². The van der Waals surface area contributed by atoms with Gasteiger partial charge in [-0.25, -0.2) is 13.2 Å². The number of esters is 1. The molecule has 0 unspecified atom stereocenters. The van der Waals surface area contributed by atoms with Crippen LogP contribution in [0.4, 0.5) is 5.69 Å². The van der Waals surface area contributed by atoms with E-state index in [1.807, 2.05) is 20.8 Å². The Morgan fingerprint density at radius 1 is 0.933 bits per heavy atom. The van der Waals surface area contributed by atoms with E-state index >= 15 is 0 Å². The second-order valence-corrected chi connectivity index (χ2v) is 7.91. The summed E-state index contributed by atoms with van der Waals surface area (Å²) in [5.74, 6) is -0.344. The lowest BCUT2D eigenvalue weighted by Crippen LogP contribution is -2.34. The molecule has 0 spiro atoms. The molecule has 0 atom stereocenters. The second-order valence-electron chi connectivity index (χ2n) is 6.23. The molecule has 0 aliphatic heterocycles. The van der Waals surface area contributed by atoms with Gasteiger partial charge in [0, 0.05) is 18.8 Å². The first-order valence-electron chi connectivity index (χ1n) is 9.61. The van der Waals surface area contributed by atoms with Crippen LogP contribution in [-0.2, 0) is 19.6 Å². The van der Waals surface area contributed by atoms with Gasteiger partial charge in [-0.05, 0) is 69.3 Å². The number of hydrogen-bond donors (Lipinski definition) is 1. The molecule has 0 bridgehead atoms. The van der Waals surface area contributed by atoms with Crippen LogP contribution in [0.1, 0.15) is 31.1 Å². The van der Waals surface area contributed by atoms with E-state index in [2.05, 4.69) is 4.72 Å². The average Bonchev–Trinajstić information content (AvgIpc) is 2.74. The standard InChI is InChI=1S/C21H26N2O6S/c1-4-23(5-2)20(24)15-29-21(25)16-7-9-17(10-8-16)22-30(26,27)19-13-11-18(12-14-19)28-6-3/h7-14,22H,4-6,15H2,1-3H3. The Balaban J connectivity index is 1.99. The molecule has 0 saturated heterocycles. The molecule has 1 amide bonds. The summed E-state index contributed by atoms with van der Waals surface area (Å²) in [7, 11) is -3.79. The molecule has 0 heterocycles. The summed E-state index contributed by atoms with van der Waals surface area (Å²) in [4.78, 5) is 25.7. The number of nitrogens with zero attached hydrogens (tertiary/aromatic N) is 1. The summed E-state index contributed by atoms with van der Waals surface area (Å²) in [6.45, 7) is 6.75. The number of likely N-dealkylation sites (N-methyl/N-ethyl adjacent to an activating group) is 1. The molecule has 0 saturated carbocycles. The van der Waals surface area contributed by atoms with Gasteiger partial charge in [0.15, 0.2) is 6.61 Å². The summed E-state index contributed by atoms with van der Waals surface area (Å²) in [5.41, 5.74) is 0.506. The van der Waals surface area contributed by atoms with Crippen molar-refractivity contribution >= 4 is 27.6 Å². The maximum absolute atomic E-state index is 12.5. The van der Waals surface area contributed by atoms with E-state index in [9.17, 15) is 18.0 Å². The molecule has 30 heavy (non-hydrogen) atoms. The van der Waals surface area contributed by atoms with Crippen LogP contribution < -0.4 is 9.46 Å². The van der Waals surface area contributed by atoms with Gasteiger partial charge in [-0.3, -0.25) is 9.52 Å². The zero-order valence-corrected chi connectivity index (χ0v) is 18.1. The molecule has 0 radical (unpaired) electrons. The Labute approximate surface area is 176 Å². The molecular weight excluding hydrogens is 408 g/mol. The number of benzene rings is 2. The summed E-state index contributed by atoms with van der Waals surface area (Å²) in [6.07, 6.45) is 0. The van der Waals surface area contributed by atoms with E-state index in [0.717, 1.165) is 0 Å². The predicted octanol–water partition coefficient (Wildman–Crippen LogP) is 2.91. The number of ether oxygens (including phenoxy) is 2. The summed E-state index contributed by atoms with van der Waals surface area (Å²) < 4.78 is 37.8. The Hall–Kier alpha value is -3.07. The normalized spacial score (nSPS) is 10.9. The minimum absolute atomic E-state index is 0.0874. The third-order valence-corrected chi connectivity index (χ3v) is 5.66. The molecule has 0 fully saturated rings. The van der Waals surface area contributed by atoms with Crippen molar-refractivity contribution in [2.75, 3.05) is 31.0 Å². The molecule has 0 aliphatic carbocycles. The molecule has 162 valence electrons. The van der Waals surface area contributed by atoms with E-state index < -0.39 is 16.0 Å². The molecule has 2 rings (SSSR count). The molecule has 9 heteroatoms. The predicted molar refractivity (Wildman–Crippen MR) is 113 cm³/mol. The van der Waals surface area contributed by atoms with Crippen molar-refractivity contribution in [2.45, 2.75) is 25.7 Å². The van der Waals surface area contributed by atoms with Crippen LogP contribution in [0.2, 0.25) is 0 Å². The van der Waals surface area contributed by atoms with Crippen LogP contribution in [-0.4, -0.2) is 51.5 Å². The van der Waals surface area contributed by atoms with Crippen LogP contribution in [0, 0.1) is 0 Å². The Morgan fingerprint density at radius 2 is 1.53 bits per heavy atom. The van der Waals surface area contributed by atoms with E-state index in [1.165, 1.54) is 36.4 Å². The maximum Gasteiger partial charge on any atom is 0.338 e. The number of hydrogen-bond acceptors (Lipinski definition) is 6. The van der Waals surface area contributed by atoms with Gasteiger partial charge >= 0.3 is 5.97 Å². The van der Waals surface area contributed by atoms with Crippen LogP contribution in [0.3, 0.4) is 0 Å². The first-order chi connectivity index (χ1) is 14.3. The van der Waals surface area contributed by atoms with Crippen LogP contribution in [0.5, 0.6) is 5.75 Å². The zero-order chi connectivity index (χ0) is 22.1. The van der Waals surface area contributed by atoms with Crippen LogP contribution in [0.15, 0.2) is 53.4 Å². The lowest BCUT2D eigenvalue weighted by Gasteiger charge is -2.18. The second kappa shape index (κ2) is 10.6. The number of carbonyl (C=O) groups excluding carboxylic acids is 2. The highest BCUT2D eigenvalue weighted by atomic mass is 32.2. The largest absolute Gasteiger partial charge is 0.494 e. The molecular formula is C21H26N2O6S. The average molecular weight is 435 g/mol. The number of anilines is 1. The number of nitrogens with one attached hydrogen (secondary N) is 1. The number of rotatable bonds is 10. The first-order valence-corrected chi connectivity index (χ1v) is 11.1. The van der Waals surface area contributed by atoms with Gasteiger partial charge in [-0.15, -0.1) is 0 Å². The maximum atomic E-state index is 12.5. The number of sulfonamides is 1. The van der Waals surface area contributed by atoms with E-state index in [-0.39, 0.29) is 23.0 Å². The molecule has 2 aromatic rings. The molecule has 8 nitrogen and oxygen atoms in total. The SMILES string of the molecule is CCOc1ccc(S(=O)(=O)Nc2ccc(C(=O)OCC(=O)N(CC)CC)cc2)cc1. The lowest BCUT2D eigenvalue weighted by atomic mass is 10.2. The fraction of sp³-hybridized carbons (Fsp3) is 0.333. The quantitative estimate of drug-likeness (QED) is 0.577. The van der Waals surface area contributed by atoms with E-state index in [0.29, 0.717) is 31.1 Å². The molecule has 2 aromatic carbocycles. The summed E-state index contributed by atoms with van der Waals surface area (Å²) in [5, 5.41) is 0. The monoisotopic (exact) mass is 434 g/mol. The summed E-state index contributed by atoms with van der Waals surface area (Å²) in [6, 6.07) is 11.8. The Morgan fingerprint density at radius 3 is 2.07 bits per heavy atom. The highest BCUT2D eigenvalue weighted by molar-refractivity contribution is 7.92. The number of carbonyl (C=O) groups is 2. The lowest BCUT2D eigenvalue weighted by molar-refractivity contribution is -0.134. The smallest absolute Gasteiger partial charge is 0.338 e. The van der Waals surface area contributed by atoms with Gasteiger partial charge in [0.1, 0.15) is 5.75 Å². The van der Waals surface area contributed by atoms with Crippen molar-refractivity contribution in [3.8, 4) is 5.75 Å². The minimum Gasteiger partial charge on any atom is -0.494 e. The first kappa shape index (κ1) is 23.2. The highest BCUT2D eigenvalue weighted by Gasteiger charge is 2.16. The zero-order valence-electron chi connectivity index (χ0n) is 17.3. The molecule has 0 aliphatic rings. The molecule has 1 N–H and O–H groups in total. The van der Waals surface area contributed by atoms with Crippen molar-refractivity contribution in [3.63, 3.8) is 0 Å². The van der Waals surface area contributed by atoms with Crippen molar-refractivity contribution < 1.29 is 27.5 Å². The fourth-order valence-electron chi connectivity index (χ4n) is 2.65. The van der Waals surface area contributed by atoms with Crippen molar-refractivity contribution in [2.24, 2.45) is 0 Å². The highest BCUT2D eigenvalue weighted by Crippen LogP contribution is 2.20. The topological polar surface area (TPSA) is 102 Å². The van der Waals surface area contributed by atoms with Gasteiger partial charge in [-0.1, -0.05) is 0 Å². The Bertz CT molecular complexity index is 952. The van der Waals surface area contributed by atoms with Crippen molar-refractivity contribution in [1.82, 2.24) is 4.90 Å². The minimum atomic E-state index is -3.79. The van der Waals surface area contributed by atoms with Gasteiger partial charge in [0.2, 0.25) is 0 Å².